The minimum Gasteiger partial charge on any atom is -0.351 e. The number of anilines is 4. The normalized spacial score (nSPS) is 19.6. The number of nitrogens with one attached hydrogen (secondary N) is 2. The maximum Gasteiger partial charge on any atom is 0.251 e. The predicted octanol–water partition coefficient (Wildman–Crippen LogP) is 2.69. The lowest BCUT2D eigenvalue weighted by molar-refractivity contribution is -0.118. The molecule has 3 heterocycles. The summed E-state index contributed by atoms with van der Waals surface area (Å²) < 4.78 is 0. The van der Waals surface area contributed by atoms with Crippen LogP contribution in [-0.2, 0) is 4.79 Å². The zero-order valence-electron chi connectivity index (χ0n) is 20.2. The number of aromatic nitrogens is 2. The van der Waals surface area contributed by atoms with E-state index in [0.717, 1.165) is 48.7 Å². The fourth-order valence-electron chi connectivity index (χ4n) is 5.19. The molecule has 5 rings (SSSR count). The zero-order chi connectivity index (χ0) is 23.8. The molecule has 0 bridgehead atoms. The first-order chi connectivity index (χ1) is 16.4. The third-order valence-electron chi connectivity index (χ3n) is 7.22. The van der Waals surface area contributed by atoms with Crippen LogP contribution < -0.4 is 20.4 Å². The maximum atomic E-state index is 12.6. The van der Waals surface area contributed by atoms with E-state index in [1.807, 2.05) is 32.2 Å². The monoisotopic (exact) mass is 463 g/mol. The highest BCUT2D eigenvalue weighted by atomic mass is 16.2. The number of benzene rings is 1. The third kappa shape index (κ3) is 4.44. The number of amides is 2. The van der Waals surface area contributed by atoms with Gasteiger partial charge in [0.2, 0.25) is 11.9 Å². The molecule has 180 valence electrons. The van der Waals surface area contributed by atoms with Crippen molar-refractivity contribution < 1.29 is 9.59 Å². The van der Waals surface area contributed by atoms with E-state index in [4.69, 9.17) is 4.98 Å². The summed E-state index contributed by atoms with van der Waals surface area (Å²) in [6.45, 7) is 4.42. The van der Waals surface area contributed by atoms with Crippen LogP contribution in [0.15, 0.2) is 24.4 Å². The van der Waals surface area contributed by atoms with Crippen LogP contribution in [0.2, 0.25) is 0 Å². The second-order valence-electron chi connectivity index (χ2n) is 9.78. The molecule has 0 spiro atoms. The van der Waals surface area contributed by atoms with Gasteiger partial charge >= 0.3 is 0 Å². The molecule has 1 aromatic carbocycles. The quantitative estimate of drug-likeness (QED) is 0.704. The number of aryl methyl sites for hydroxylation is 1. The molecule has 9 heteroatoms. The number of carbonyl (C=O) groups is 2. The van der Waals surface area contributed by atoms with E-state index in [1.165, 1.54) is 12.8 Å². The lowest BCUT2D eigenvalue weighted by Crippen LogP contribution is -2.57. The van der Waals surface area contributed by atoms with Crippen LogP contribution in [0.3, 0.4) is 0 Å². The molecule has 1 saturated heterocycles. The molecule has 34 heavy (non-hydrogen) atoms. The second kappa shape index (κ2) is 9.21. The SMILES string of the molecule is Cc1cc(C(=O)NC2CN(C)C2)ccc1Nc1ncc2c(n1)N(C1CCCC1)CCC(=O)N2C. The number of hydrogen-bond acceptors (Lipinski definition) is 7. The maximum absolute atomic E-state index is 12.6. The molecule has 0 atom stereocenters. The summed E-state index contributed by atoms with van der Waals surface area (Å²) in [7, 11) is 3.84. The van der Waals surface area contributed by atoms with Gasteiger partial charge in [0, 0.05) is 50.4 Å². The van der Waals surface area contributed by atoms with Gasteiger partial charge in [-0.15, -0.1) is 0 Å². The van der Waals surface area contributed by atoms with E-state index in [2.05, 4.69) is 25.4 Å². The molecule has 0 radical (unpaired) electrons. The Hall–Kier alpha value is -3.20. The van der Waals surface area contributed by atoms with Crippen molar-refractivity contribution in [3.63, 3.8) is 0 Å². The summed E-state index contributed by atoms with van der Waals surface area (Å²) >= 11 is 0. The van der Waals surface area contributed by atoms with E-state index in [1.54, 1.807) is 18.1 Å². The van der Waals surface area contributed by atoms with Crippen LogP contribution in [0, 0.1) is 6.92 Å². The van der Waals surface area contributed by atoms with Crippen molar-refractivity contribution in [1.82, 2.24) is 20.2 Å². The Kier molecular flexibility index (Phi) is 6.12. The molecule has 1 aliphatic carbocycles. The number of hydrogen-bond donors (Lipinski definition) is 2. The summed E-state index contributed by atoms with van der Waals surface area (Å²) in [5, 5.41) is 6.40. The van der Waals surface area contributed by atoms with Crippen molar-refractivity contribution in [1.29, 1.82) is 0 Å². The van der Waals surface area contributed by atoms with Gasteiger partial charge in [-0.1, -0.05) is 12.8 Å². The molecular formula is C25H33N7O2. The summed E-state index contributed by atoms with van der Waals surface area (Å²) in [4.78, 5) is 40.6. The van der Waals surface area contributed by atoms with Gasteiger partial charge in [0.15, 0.2) is 5.82 Å². The van der Waals surface area contributed by atoms with Crippen LogP contribution in [0.4, 0.5) is 23.1 Å². The average Bonchev–Trinajstić information content (AvgIpc) is 3.30. The highest BCUT2D eigenvalue weighted by molar-refractivity contribution is 5.97. The van der Waals surface area contributed by atoms with E-state index in [9.17, 15) is 9.59 Å². The molecule has 2 aromatic rings. The molecule has 2 N–H and O–H groups in total. The summed E-state index contributed by atoms with van der Waals surface area (Å²) in [5.74, 6) is 1.34. The Balaban J connectivity index is 1.36. The fourth-order valence-corrected chi connectivity index (χ4v) is 5.19. The first kappa shape index (κ1) is 22.6. The van der Waals surface area contributed by atoms with E-state index < -0.39 is 0 Å². The Morgan fingerprint density at radius 2 is 1.91 bits per heavy atom. The highest BCUT2D eigenvalue weighted by Gasteiger charge is 2.31. The Labute approximate surface area is 200 Å². The van der Waals surface area contributed by atoms with Crippen molar-refractivity contribution in [3.8, 4) is 0 Å². The average molecular weight is 464 g/mol. The van der Waals surface area contributed by atoms with Crippen LogP contribution >= 0.6 is 0 Å². The molecular weight excluding hydrogens is 430 g/mol. The van der Waals surface area contributed by atoms with Crippen molar-refractivity contribution >= 4 is 35.0 Å². The lowest BCUT2D eigenvalue weighted by Gasteiger charge is -2.36. The van der Waals surface area contributed by atoms with Gasteiger partial charge in [-0.05, 0) is 50.6 Å². The highest BCUT2D eigenvalue weighted by Crippen LogP contribution is 2.36. The van der Waals surface area contributed by atoms with Gasteiger partial charge in [0.1, 0.15) is 5.69 Å². The van der Waals surface area contributed by atoms with E-state index in [-0.39, 0.29) is 17.9 Å². The van der Waals surface area contributed by atoms with Crippen molar-refractivity contribution in [2.45, 2.75) is 51.1 Å². The van der Waals surface area contributed by atoms with Crippen LogP contribution in [0.25, 0.3) is 0 Å². The number of fused-ring (bicyclic) bond motifs is 1. The summed E-state index contributed by atoms with van der Waals surface area (Å²) in [6, 6.07) is 6.25. The first-order valence-corrected chi connectivity index (χ1v) is 12.2. The van der Waals surface area contributed by atoms with Gasteiger partial charge in [-0.25, -0.2) is 4.98 Å². The molecule has 2 fully saturated rings. The minimum absolute atomic E-state index is 0.0473. The largest absolute Gasteiger partial charge is 0.351 e. The van der Waals surface area contributed by atoms with Gasteiger partial charge in [-0.3, -0.25) is 9.59 Å². The predicted molar refractivity (Wildman–Crippen MR) is 133 cm³/mol. The topological polar surface area (TPSA) is 93.7 Å². The number of likely N-dealkylation sites (tertiary alicyclic amines) is 1. The molecule has 2 amide bonds. The number of nitrogens with zero attached hydrogens (tertiary/aromatic N) is 5. The zero-order valence-corrected chi connectivity index (χ0v) is 20.2. The fraction of sp³-hybridized carbons (Fsp3) is 0.520. The molecule has 1 aromatic heterocycles. The van der Waals surface area contributed by atoms with E-state index >= 15 is 0 Å². The lowest BCUT2D eigenvalue weighted by atomic mass is 10.1. The van der Waals surface area contributed by atoms with Gasteiger partial charge in [0.05, 0.1) is 12.2 Å². The first-order valence-electron chi connectivity index (χ1n) is 12.2. The number of rotatable bonds is 5. The smallest absolute Gasteiger partial charge is 0.251 e. The Morgan fingerprint density at radius 1 is 1.15 bits per heavy atom. The van der Waals surface area contributed by atoms with Gasteiger partial charge in [0.25, 0.3) is 5.91 Å². The third-order valence-corrected chi connectivity index (χ3v) is 7.22. The minimum atomic E-state index is -0.0473. The van der Waals surface area contributed by atoms with Gasteiger partial charge in [-0.2, -0.15) is 4.98 Å². The molecule has 9 nitrogen and oxygen atoms in total. The van der Waals surface area contributed by atoms with Crippen LogP contribution in [0.5, 0.6) is 0 Å². The van der Waals surface area contributed by atoms with Crippen LogP contribution in [0.1, 0.15) is 48.0 Å². The summed E-state index contributed by atoms with van der Waals surface area (Å²) in [6.07, 6.45) is 6.91. The summed E-state index contributed by atoms with van der Waals surface area (Å²) in [5.41, 5.74) is 3.19. The van der Waals surface area contributed by atoms with Gasteiger partial charge < -0.3 is 25.3 Å². The number of carbonyl (C=O) groups excluding carboxylic acids is 2. The van der Waals surface area contributed by atoms with Crippen molar-refractivity contribution in [2.75, 3.05) is 48.8 Å². The van der Waals surface area contributed by atoms with E-state index in [0.29, 0.717) is 30.5 Å². The standard InChI is InChI=1S/C25H33N7O2/c1-16-12-17(24(34)27-18-14-30(2)15-18)8-9-20(16)28-25-26-13-21-23(29-25)32(19-6-4-5-7-19)11-10-22(33)31(21)3/h8-9,12-13,18-19H,4-7,10-11,14-15H2,1-3H3,(H,27,34)(H,26,28,29). The van der Waals surface area contributed by atoms with Crippen molar-refractivity contribution in [3.05, 3.63) is 35.5 Å². The van der Waals surface area contributed by atoms with Crippen LogP contribution in [-0.4, -0.2) is 72.5 Å². The Bertz CT molecular complexity index is 1090. The Morgan fingerprint density at radius 3 is 2.62 bits per heavy atom. The number of likely N-dealkylation sites (N-methyl/N-ethyl adjacent to an activating group) is 1. The molecule has 3 aliphatic rings. The van der Waals surface area contributed by atoms with Crippen molar-refractivity contribution in [2.24, 2.45) is 0 Å². The molecule has 2 aliphatic heterocycles. The second-order valence-corrected chi connectivity index (χ2v) is 9.78. The molecule has 0 unspecified atom stereocenters. The molecule has 1 saturated carbocycles.